The highest BCUT2D eigenvalue weighted by Crippen LogP contribution is 2.26. The molecule has 0 aromatic rings. The molecular formula is C22H38N2O4. The molecule has 1 atom stereocenters. The fraction of sp³-hybridized carbons (Fsp3) is 0.909. The number of carbonyl (C=O) groups is 2. The lowest BCUT2D eigenvalue weighted by Crippen LogP contribution is -2.50. The summed E-state index contributed by atoms with van der Waals surface area (Å²) < 4.78 is 11.5. The number of hydrogen-bond donors (Lipinski definition) is 2. The van der Waals surface area contributed by atoms with Crippen molar-refractivity contribution < 1.29 is 19.1 Å². The number of carbonyl (C=O) groups excluding carboxylic acids is 2. The summed E-state index contributed by atoms with van der Waals surface area (Å²) in [5.41, 5.74) is 0. The molecule has 0 spiro atoms. The summed E-state index contributed by atoms with van der Waals surface area (Å²) >= 11 is 0. The third-order valence-corrected chi connectivity index (χ3v) is 6.59. The van der Waals surface area contributed by atoms with Crippen LogP contribution in [0.5, 0.6) is 0 Å². The Bertz CT molecular complexity index is 481. The quantitative estimate of drug-likeness (QED) is 0.597. The Morgan fingerprint density at radius 2 is 1.21 bits per heavy atom. The van der Waals surface area contributed by atoms with E-state index in [2.05, 4.69) is 10.6 Å². The van der Waals surface area contributed by atoms with Gasteiger partial charge in [-0.15, -0.1) is 0 Å². The Hall–Kier alpha value is -1.14. The van der Waals surface area contributed by atoms with Crippen molar-refractivity contribution in [2.45, 2.75) is 102 Å². The predicted molar refractivity (Wildman–Crippen MR) is 108 cm³/mol. The maximum Gasteiger partial charge on any atom is 0.246 e. The van der Waals surface area contributed by atoms with Crippen molar-refractivity contribution in [3.8, 4) is 0 Å². The first-order chi connectivity index (χ1) is 13.7. The average molecular weight is 395 g/mol. The summed E-state index contributed by atoms with van der Waals surface area (Å²) in [4.78, 5) is 24.6. The van der Waals surface area contributed by atoms with Crippen LogP contribution in [0.3, 0.4) is 0 Å². The van der Waals surface area contributed by atoms with Gasteiger partial charge in [-0.2, -0.15) is 0 Å². The van der Waals surface area contributed by atoms with Gasteiger partial charge in [-0.1, -0.05) is 44.9 Å². The van der Waals surface area contributed by atoms with Crippen LogP contribution in [0.15, 0.2) is 0 Å². The number of nitrogens with one attached hydrogen (secondary N) is 2. The van der Waals surface area contributed by atoms with Gasteiger partial charge in [0.2, 0.25) is 11.8 Å². The molecule has 28 heavy (non-hydrogen) atoms. The fourth-order valence-corrected chi connectivity index (χ4v) is 4.89. The second kappa shape index (κ2) is 11.8. The van der Waals surface area contributed by atoms with Gasteiger partial charge >= 0.3 is 0 Å². The van der Waals surface area contributed by atoms with Crippen molar-refractivity contribution in [1.29, 1.82) is 0 Å². The minimum atomic E-state index is -0.0795. The number of rotatable bonds is 10. The summed E-state index contributed by atoms with van der Waals surface area (Å²) in [7, 11) is 0. The highest BCUT2D eigenvalue weighted by molar-refractivity contribution is 5.78. The van der Waals surface area contributed by atoms with E-state index in [1.807, 2.05) is 0 Å². The van der Waals surface area contributed by atoms with Gasteiger partial charge in [-0.3, -0.25) is 9.59 Å². The molecule has 0 saturated heterocycles. The van der Waals surface area contributed by atoms with Gasteiger partial charge in [-0.05, 0) is 44.4 Å². The van der Waals surface area contributed by atoms with Crippen LogP contribution >= 0.6 is 0 Å². The molecule has 3 saturated carbocycles. The van der Waals surface area contributed by atoms with Gasteiger partial charge in [0.25, 0.3) is 0 Å². The minimum Gasteiger partial charge on any atom is -0.368 e. The van der Waals surface area contributed by atoms with Gasteiger partial charge in [0.05, 0.1) is 12.2 Å². The highest BCUT2D eigenvalue weighted by atomic mass is 16.5. The first-order valence-corrected chi connectivity index (χ1v) is 11.5. The molecular weight excluding hydrogens is 356 g/mol. The largest absolute Gasteiger partial charge is 0.368 e. The van der Waals surface area contributed by atoms with Crippen molar-refractivity contribution >= 4 is 11.8 Å². The van der Waals surface area contributed by atoms with Crippen LogP contribution in [0.2, 0.25) is 0 Å². The SMILES string of the molecule is O=C(COC1CCCC1)NCC(NC(=O)COC1CCCC1)C1CCCCC1. The summed E-state index contributed by atoms with van der Waals surface area (Å²) in [5, 5.41) is 6.13. The molecule has 1 unspecified atom stereocenters. The van der Waals surface area contributed by atoms with E-state index in [4.69, 9.17) is 9.47 Å². The summed E-state index contributed by atoms with van der Waals surface area (Å²) in [6, 6.07) is -0.0181. The molecule has 0 bridgehead atoms. The number of amides is 2. The number of hydrogen-bond acceptors (Lipinski definition) is 4. The van der Waals surface area contributed by atoms with Gasteiger partial charge in [0.15, 0.2) is 0 Å². The van der Waals surface area contributed by atoms with E-state index in [1.54, 1.807) is 0 Å². The molecule has 6 heteroatoms. The maximum atomic E-state index is 12.4. The summed E-state index contributed by atoms with van der Waals surface area (Å²) in [6.07, 6.45) is 15.4. The van der Waals surface area contributed by atoms with Crippen molar-refractivity contribution in [2.75, 3.05) is 19.8 Å². The highest BCUT2D eigenvalue weighted by Gasteiger charge is 2.26. The third kappa shape index (κ3) is 7.36. The topological polar surface area (TPSA) is 76.7 Å². The van der Waals surface area contributed by atoms with E-state index in [1.165, 1.54) is 44.9 Å². The Kier molecular flexibility index (Phi) is 9.06. The monoisotopic (exact) mass is 394 g/mol. The van der Waals surface area contributed by atoms with Crippen molar-refractivity contribution in [1.82, 2.24) is 10.6 Å². The van der Waals surface area contributed by atoms with Gasteiger partial charge < -0.3 is 20.1 Å². The van der Waals surface area contributed by atoms with Gasteiger partial charge in [0, 0.05) is 12.6 Å². The van der Waals surface area contributed by atoms with Gasteiger partial charge in [0.1, 0.15) is 13.2 Å². The van der Waals surface area contributed by atoms with E-state index in [0.29, 0.717) is 12.5 Å². The zero-order valence-corrected chi connectivity index (χ0v) is 17.3. The first-order valence-electron chi connectivity index (χ1n) is 11.5. The lowest BCUT2D eigenvalue weighted by molar-refractivity contribution is -0.130. The molecule has 6 nitrogen and oxygen atoms in total. The molecule has 160 valence electrons. The maximum absolute atomic E-state index is 12.4. The molecule has 2 N–H and O–H groups in total. The zero-order chi connectivity index (χ0) is 19.6. The van der Waals surface area contributed by atoms with Crippen LogP contribution in [0.25, 0.3) is 0 Å². The van der Waals surface area contributed by atoms with E-state index < -0.39 is 0 Å². The van der Waals surface area contributed by atoms with Crippen molar-refractivity contribution in [2.24, 2.45) is 5.92 Å². The van der Waals surface area contributed by atoms with Crippen molar-refractivity contribution in [3.63, 3.8) is 0 Å². The van der Waals surface area contributed by atoms with Crippen LogP contribution in [0.4, 0.5) is 0 Å². The molecule has 0 aromatic heterocycles. The second-order valence-corrected chi connectivity index (χ2v) is 8.81. The normalized spacial score (nSPS) is 23.0. The Morgan fingerprint density at radius 1 is 0.714 bits per heavy atom. The predicted octanol–water partition coefficient (Wildman–Crippen LogP) is 3.09. The fourth-order valence-electron chi connectivity index (χ4n) is 4.89. The molecule has 0 heterocycles. The second-order valence-electron chi connectivity index (χ2n) is 8.81. The summed E-state index contributed by atoms with van der Waals surface area (Å²) in [6.45, 7) is 0.736. The zero-order valence-electron chi connectivity index (χ0n) is 17.3. The van der Waals surface area contributed by atoms with Crippen molar-refractivity contribution in [3.05, 3.63) is 0 Å². The Morgan fingerprint density at radius 3 is 1.79 bits per heavy atom. The molecule has 3 aliphatic carbocycles. The smallest absolute Gasteiger partial charge is 0.246 e. The molecule has 3 fully saturated rings. The number of ether oxygens (including phenoxy) is 2. The van der Waals surface area contributed by atoms with Crippen LogP contribution in [0.1, 0.15) is 83.5 Å². The summed E-state index contributed by atoms with van der Waals surface area (Å²) in [5.74, 6) is 0.295. The van der Waals surface area contributed by atoms with E-state index in [-0.39, 0.29) is 43.3 Å². The van der Waals surface area contributed by atoms with Crippen LogP contribution in [-0.4, -0.2) is 49.8 Å². The molecule has 0 aromatic carbocycles. The molecule has 2 amide bonds. The average Bonchev–Trinajstić information content (AvgIpc) is 3.42. The third-order valence-electron chi connectivity index (χ3n) is 6.59. The Labute approximate surface area is 169 Å². The standard InChI is InChI=1S/C22H38N2O4/c25-21(15-27-18-10-4-5-11-18)23-14-20(17-8-2-1-3-9-17)24-22(26)16-28-19-12-6-7-13-19/h17-20H,1-16H2,(H,23,25)(H,24,26). The van der Waals surface area contributed by atoms with Gasteiger partial charge in [-0.25, -0.2) is 0 Å². The first kappa shape index (κ1) is 21.6. The molecule has 0 aliphatic heterocycles. The van der Waals surface area contributed by atoms with E-state index in [9.17, 15) is 9.59 Å². The molecule has 3 rings (SSSR count). The lowest BCUT2D eigenvalue weighted by atomic mass is 9.83. The molecule has 0 radical (unpaired) electrons. The Balaban J connectivity index is 1.41. The van der Waals surface area contributed by atoms with Crippen LogP contribution in [-0.2, 0) is 19.1 Å². The van der Waals surface area contributed by atoms with E-state index >= 15 is 0 Å². The molecule has 3 aliphatic rings. The van der Waals surface area contributed by atoms with Crippen LogP contribution < -0.4 is 10.6 Å². The lowest BCUT2D eigenvalue weighted by Gasteiger charge is -2.31. The van der Waals surface area contributed by atoms with Crippen LogP contribution in [0, 0.1) is 5.92 Å². The minimum absolute atomic E-state index is 0.0181. The van der Waals surface area contributed by atoms with E-state index in [0.717, 1.165) is 38.5 Å².